The van der Waals surface area contributed by atoms with Crippen LogP contribution in [0.2, 0.25) is 0 Å². The summed E-state index contributed by atoms with van der Waals surface area (Å²) >= 11 is 0. The highest BCUT2D eigenvalue weighted by Crippen LogP contribution is 2.32. The lowest BCUT2D eigenvalue weighted by Crippen LogP contribution is -2.51. The molecule has 1 unspecified atom stereocenters. The van der Waals surface area contributed by atoms with Crippen molar-refractivity contribution in [3.8, 4) is 11.3 Å². The normalized spacial score (nSPS) is 17.1. The van der Waals surface area contributed by atoms with E-state index in [1.54, 1.807) is 37.1 Å². The molecular weight excluding hydrogens is 705 g/mol. The molecule has 2 aliphatic rings. The van der Waals surface area contributed by atoms with Gasteiger partial charge in [-0.15, -0.1) is 0 Å². The van der Waals surface area contributed by atoms with Crippen LogP contribution >= 0.6 is 0 Å². The SMILES string of the molecule is CC=O.CN[C@@H]1C[C@@H]1F.CNc1cc(-c2cccc(C(=O)NCCCCCCc3ccc(N(C)C4CCC(=O)NC4=O)c(N(C)C=O)c3)c2)nn2ccnc12. The molecule has 2 aromatic heterocycles. The van der Waals surface area contributed by atoms with Crippen LogP contribution in [-0.2, 0) is 25.6 Å². The van der Waals surface area contributed by atoms with Gasteiger partial charge in [0.05, 0.1) is 22.8 Å². The molecule has 4 amide bonds. The number of halogens is 1. The molecule has 1 saturated heterocycles. The first-order valence-corrected chi connectivity index (χ1v) is 18.5. The number of unbranched alkanes of at least 4 members (excludes halogenated alkanes) is 3. The fourth-order valence-corrected chi connectivity index (χ4v) is 6.22. The third kappa shape index (κ3) is 11.6. The van der Waals surface area contributed by atoms with E-state index in [1.165, 1.54) is 11.8 Å². The van der Waals surface area contributed by atoms with Crippen molar-refractivity contribution in [2.45, 2.75) is 76.5 Å². The molecule has 15 heteroatoms. The fraction of sp³-hybridized carbons (Fsp3) is 0.425. The topological polar surface area (TPSA) is 170 Å². The summed E-state index contributed by atoms with van der Waals surface area (Å²) in [6.45, 7) is 2.03. The zero-order valence-corrected chi connectivity index (χ0v) is 32.2. The van der Waals surface area contributed by atoms with E-state index in [0.29, 0.717) is 24.2 Å². The molecule has 1 saturated carbocycles. The molecule has 2 fully saturated rings. The number of hydrogen-bond donors (Lipinski definition) is 4. The van der Waals surface area contributed by atoms with Gasteiger partial charge in [-0.1, -0.05) is 31.0 Å². The fourth-order valence-electron chi connectivity index (χ4n) is 6.22. The first kappa shape index (κ1) is 42.0. The van der Waals surface area contributed by atoms with E-state index >= 15 is 0 Å². The monoisotopic (exact) mass is 757 g/mol. The number of hydrogen-bond acceptors (Lipinski definition) is 10. The molecular formula is C40H52FN9O5. The van der Waals surface area contributed by atoms with Crippen molar-refractivity contribution in [2.75, 3.05) is 49.9 Å². The van der Waals surface area contributed by atoms with Crippen LogP contribution in [0, 0.1) is 0 Å². The van der Waals surface area contributed by atoms with E-state index < -0.39 is 12.2 Å². The first-order chi connectivity index (χ1) is 26.5. The molecule has 4 N–H and O–H groups in total. The van der Waals surface area contributed by atoms with Gasteiger partial charge in [0.2, 0.25) is 18.2 Å². The van der Waals surface area contributed by atoms with Gasteiger partial charge in [0.15, 0.2) is 5.65 Å². The van der Waals surface area contributed by atoms with Gasteiger partial charge in [0.1, 0.15) is 18.5 Å². The number of anilines is 3. The van der Waals surface area contributed by atoms with Crippen LogP contribution in [0.3, 0.4) is 0 Å². The van der Waals surface area contributed by atoms with Gasteiger partial charge >= 0.3 is 0 Å². The van der Waals surface area contributed by atoms with Crippen molar-refractivity contribution in [3.63, 3.8) is 0 Å². The Bertz CT molecular complexity index is 1930. The highest BCUT2D eigenvalue weighted by atomic mass is 19.1. The van der Waals surface area contributed by atoms with Gasteiger partial charge in [0.25, 0.3) is 5.91 Å². The number of imidazole rings is 1. The number of nitrogens with zero attached hydrogens (tertiary/aromatic N) is 5. The number of carbonyl (C=O) groups is 5. The minimum absolute atomic E-state index is 0.117. The van der Waals surface area contributed by atoms with Gasteiger partial charge in [-0.3, -0.25) is 24.5 Å². The lowest BCUT2D eigenvalue weighted by Gasteiger charge is -2.33. The number of alkyl halides is 1. The van der Waals surface area contributed by atoms with Gasteiger partial charge in [-0.2, -0.15) is 5.10 Å². The van der Waals surface area contributed by atoms with Gasteiger partial charge in [0, 0.05) is 63.7 Å². The van der Waals surface area contributed by atoms with Crippen LogP contribution in [-0.4, -0.2) is 98.0 Å². The van der Waals surface area contributed by atoms with Crippen LogP contribution in [0.4, 0.5) is 21.5 Å². The molecule has 1 aliphatic carbocycles. The Morgan fingerprint density at radius 2 is 1.78 bits per heavy atom. The number of aldehydes is 1. The number of carbonyl (C=O) groups excluding carboxylic acids is 5. The van der Waals surface area contributed by atoms with Crippen LogP contribution in [0.5, 0.6) is 0 Å². The van der Waals surface area contributed by atoms with E-state index in [2.05, 4.69) is 31.3 Å². The molecule has 2 aromatic carbocycles. The van der Waals surface area contributed by atoms with Crippen molar-refractivity contribution >= 4 is 53.1 Å². The van der Waals surface area contributed by atoms with E-state index in [4.69, 9.17) is 4.79 Å². The lowest BCUT2D eigenvalue weighted by molar-refractivity contribution is -0.134. The van der Waals surface area contributed by atoms with E-state index in [1.807, 2.05) is 61.5 Å². The Morgan fingerprint density at radius 1 is 1.04 bits per heavy atom. The Morgan fingerprint density at radius 3 is 2.44 bits per heavy atom. The van der Waals surface area contributed by atoms with Crippen LogP contribution < -0.4 is 31.1 Å². The molecule has 4 aromatic rings. The Hall–Kier alpha value is -5.70. The number of nitrogens with one attached hydrogen (secondary N) is 4. The largest absolute Gasteiger partial charge is 0.385 e. The van der Waals surface area contributed by atoms with Gasteiger partial charge in [-0.05, 0) is 82.0 Å². The van der Waals surface area contributed by atoms with Gasteiger partial charge < -0.3 is 30.5 Å². The summed E-state index contributed by atoms with van der Waals surface area (Å²) in [5.74, 6) is -0.699. The number of aryl methyl sites for hydroxylation is 1. The highest BCUT2D eigenvalue weighted by molar-refractivity contribution is 6.02. The van der Waals surface area contributed by atoms with E-state index in [0.717, 1.165) is 85.1 Å². The molecule has 0 spiro atoms. The Kier molecular flexibility index (Phi) is 15.8. The second-order valence-electron chi connectivity index (χ2n) is 13.4. The summed E-state index contributed by atoms with van der Waals surface area (Å²) in [6, 6.07) is 15.0. The summed E-state index contributed by atoms with van der Waals surface area (Å²) in [5.41, 5.74) is 6.33. The number of piperidine rings is 1. The van der Waals surface area contributed by atoms with Crippen LogP contribution in [0.1, 0.15) is 67.8 Å². The maximum Gasteiger partial charge on any atom is 0.251 e. The summed E-state index contributed by atoms with van der Waals surface area (Å²) in [6.07, 6.45) is 10.5. The van der Waals surface area contributed by atoms with Crippen molar-refractivity contribution in [1.29, 1.82) is 0 Å². The summed E-state index contributed by atoms with van der Waals surface area (Å²) in [5, 5.41) is 16.0. The summed E-state index contributed by atoms with van der Waals surface area (Å²) < 4.78 is 13.4. The second-order valence-corrected chi connectivity index (χ2v) is 13.4. The minimum atomic E-state index is -0.546. The Labute approximate surface area is 321 Å². The molecule has 1 aliphatic heterocycles. The van der Waals surface area contributed by atoms with Crippen molar-refractivity contribution in [1.82, 2.24) is 30.5 Å². The van der Waals surface area contributed by atoms with E-state index in [-0.39, 0.29) is 30.2 Å². The molecule has 6 rings (SSSR count). The minimum Gasteiger partial charge on any atom is -0.385 e. The Balaban J connectivity index is 0.000000663. The average Bonchev–Trinajstić information content (AvgIpc) is 3.71. The number of rotatable bonds is 15. The number of aromatic nitrogens is 3. The number of benzene rings is 2. The average molecular weight is 758 g/mol. The standard InChI is InChI=1S/C34H40N8O4.C4H8FN.C2H4O/c1-35-27-21-26(39-42-18-17-36-32(27)42)24-10-8-11-25(20-24)33(45)37-16-7-5-4-6-9-23-12-13-28(30(19-23)40(2)22-43)41(3)29-14-15-31(44)38-34(29)46;1-6-4-2-3(4)5;1-2-3/h8,10-13,17-22,29,35H,4-7,9,14-16H2,1-3H3,(H,37,45)(H,38,44,46);3-4,6H,2H2,1H3;2H,1H3/t;3-,4+;/m.0./s1. The molecule has 14 nitrogen and oxygen atoms in total. The zero-order chi connectivity index (χ0) is 39.9. The zero-order valence-electron chi connectivity index (χ0n) is 32.2. The van der Waals surface area contributed by atoms with Crippen LogP contribution in [0.25, 0.3) is 16.9 Å². The van der Waals surface area contributed by atoms with Crippen molar-refractivity contribution in [3.05, 3.63) is 72.1 Å². The molecule has 55 heavy (non-hydrogen) atoms. The van der Waals surface area contributed by atoms with Crippen molar-refractivity contribution in [2.24, 2.45) is 0 Å². The van der Waals surface area contributed by atoms with Gasteiger partial charge in [-0.25, -0.2) is 13.9 Å². The smallest absolute Gasteiger partial charge is 0.251 e. The summed E-state index contributed by atoms with van der Waals surface area (Å²) in [4.78, 5) is 65.0. The second kappa shape index (κ2) is 20.7. The number of imide groups is 1. The quantitative estimate of drug-likeness (QED) is 0.0778. The molecule has 3 heterocycles. The third-order valence-corrected chi connectivity index (χ3v) is 9.45. The number of fused-ring (bicyclic) bond motifs is 1. The predicted molar refractivity (Wildman–Crippen MR) is 212 cm³/mol. The molecule has 0 bridgehead atoms. The lowest BCUT2D eigenvalue weighted by atomic mass is 10.0. The maximum atomic E-state index is 12.9. The van der Waals surface area contributed by atoms with Crippen molar-refractivity contribution < 1.29 is 28.4 Å². The summed E-state index contributed by atoms with van der Waals surface area (Å²) in [7, 11) is 7.12. The number of likely N-dealkylation sites (N-methyl/N-ethyl adjacent to an activating group) is 1. The van der Waals surface area contributed by atoms with Crippen LogP contribution in [0.15, 0.2) is 60.9 Å². The highest BCUT2D eigenvalue weighted by Gasteiger charge is 2.35. The molecule has 3 atom stereocenters. The van der Waals surface area contributed by atoms with E-state index in [9.17, 15) is 23.6 Å². The first-order valence-electron chi connectivity index (χ1n) is 18.5. The molecule has 294 valence electrons. The third-order valence-electron chi connectivity index (χ3n) is 9.45. The number of amides is 4. The maximum absolute atomic E-state index is 12.9. The predicted octanol–water partition coefficient (Wildman–Crippen LogP) is 4.33. The molecule has 0 radical (unpaired) electrons.